The summed E-state index contributed by atoms with van der Waals surface area (Å²) in [5.41, 5.74) is 9.06. The number of carbonyl (C=O) groups excluding carboxylic acids is 2. The zero-order chi connectivity index (χ0) is 25.9. The molecule has 0 unspecified atom stereocenters. The average Bonchev–Trinajstić information content (AvgIpc) is 3.35. The second kappa shape index (κ2) is 10.2. The van der Waals surface area contributed by atoms with Crippen molar-refractivity contribution in [3.63, 3.8) is 0 Å². The predicted molar refractivity (Wildman–Crippen MR) is 136 cm³/mol. The quantitative estimate of drug-likeness (QED) is 0.397. The van der Waals surface area contributed by atoms with Crippen LogP contribution in [0.3, 0.4) is 0 Å². The number of carbonyl (C=O) groups is 2. The average molecular weight is 504 g/mol. The first kappa shape index (κ1) is 24.2. The molecule has 0 saturated carbocycles. The van der Waals surface area contributed by atoms with Crippen LogP contribution in [0.5, 0.6) is 5.75 Å². The molecule has 0 radical (unpaired) electrons. The topological polar surface area (TPSA) is 130 Å². The second-order valence-electron chi connectivity index (χ2n) is 8.73. The van der Waals surface area contributed by atoms with E-state index in [4.69, 9.17) is 10.5 Å². The number of anilines is 1. The van der Waals surface area contributed by atoms with Gasteiger partial charge < -0.3 is 20.3 Å². The number of halogens is 1. The smallest absolute Gasteiger partial charge is 0.223 e. The van der Waals surface area contributed by atoms with Crippen LogP contribution in [0.4, 0.5) is 10.1 Å². The molecular formula is C26H26FN7O3. The lowest BCUT2D eigenvalue weighted by molar-refractivity contribution is -0.133. The molecular weight excluding hydrogens is 477 g/mol. The maximum atomic E-state index is 14.6. The summed E-state index contributed by atoms with van der Waals surface area (Å²) in [5.74, 6) is -0.420. The highest BCUT2D eigenvalue weighted by molar-refractivity contribution is 5.90. The lowest BCUT2D eigenvalue weighted by atomic mass is 10.1. The van der Waals surface area contributed by atoms with Crippen molar-refractivity contribution in [1.82, 2.24) is 25.1 Å². The number of piperazine rings is 1. The monoisotopic (exact) mass is 503 g/mol. The van der Waals surface area contributed by atoms with Crippen LogP contribution in [0.2, 0.25) is 0 Å². The Labute approximate surface area is 212 Å². The van der Waals surface area contributed by atoms with Crippen LogP contribution in [-0.4, -0.2) is 70.2 Å². The SMILES string of the molecule is COc1cccc(F)c1-c1ncc2[nH]nc(-c3ccc(N4CCN(C(=O)CCC(N)=O)CC4)cc3)c2n1. The first-order chi connectivity index (χ1) is 17.9. The van der Waals surface area contributed by atoms with Gasteiger partial charge in [0.1, 0.15) is 28.3 Å². The van der Waals surface area contributed by atoms with E-state index in [1.165, 1.54) is 13.2 Å². The Kier molecular flexibility index (Phi) is 6.67. The fourth-order valence-electron chi connectivity index (χ4n) is 4.46. The summed E-state index contributed by atoms with van der Waals surface area (Å²) in [7, 11) is 1.48. The molecule has 2 aromatic heterocycles. The zero-order valence-corrected chi connectivity index (χ0v) is 20.3. The summed E-state index contributed by atoms with van der Waals surface area (Å²) in [6, 6.07) is 12.5. The van der Waals surface area contributed by atoms with Crippen LogP contribution in [0, 0.1) is 5.82 Å². The molecule has 0 atom stereocenters. The maximum absolute atomic E-state index is 14.6. The van der Waals surface area contributed by atoms with E-state index in [1.54, 1.807) is 23.2 Å². The fraction of sp³-hybridized carbons (Fsp3) is 0.269. The predicted octanol–water partition coefficient (Wildman–Crippen LogP) is 2.75. The van der Waals surface area contributed by atoms with Gasteiger partial charge >= 0.3 is 0 Å². The number of H-pyrrole nitrogens is 1. The Morgan fingerprint density at radius 2 is 1.84 bits per heavy atom. The molecule has 1 saturated heterocycles. The number of fused-ring (bicyclic) bond motifs is 1. The van der Waals surface area contributed by atoms with Gasteiger partial charge in [-0.3, -0.25) is 14.7 Å². The minimum Gasteiger partial charge on any atom is -0.496 e. The lowest BCUT2D eigenvalue weighted by Crippen LogP contribution is -2.48. The second-order valence-corrected chi connectivity index (χ2v) is 8.73. The molecule has 1 aliphatic heterocycles. The first-order valence-electron chi connectivity index (χ1n) is 11.9. The van der Waals surface area contributed by atoms with E-state index in [9.17, 15) is 14.0 Å². The summed E-state index contributed by atoms with van der Waals surface area (Å²) >= 11 is 0. The molecule has 4 aromatic rings. The van der Waals surface area contributed by atoms with Crippen molar-refractivity contribution in [2.24, 2.45) is 5.73 Å². The van der Waals surface area contributed by atoms with Crippen molar-refractivity contribution in [1.29, 1.82) is 0 Å². The van der Waals surface area contributed by atoms with Crippen molar-refractivity contribution in [3.05, 3.63) is 54.5 Å². The molecule has 0 aliphatic carbocycles. The molecule has 3 N–H and O–H groups in total. The summed E-state index contributed by atoms with van der Waals surface area (Å²) in [4.78, 5) is 36.1. The number of ether oxygens (including phenoxy) is 1. The maximum Gasteiger partial charge on any atom is 0.223 e. The molecule has 1 fully saturated rings. The van der Waals surface area contributed by atoms with Crippen LogP contribution in [0.25, 0.3) is 33.7 Å². The van der Waals surface area contributed by atoms with E-state index in [-0.39, 0.29) is 30.1 Å². The van der Waals surface area contributed by atoms with E-state index in [0.29, 0.717) is 48.7 Å². The van der Waals surface area contributed by atoms with Crippen molar-refractivity contribution in [2.45, 2.75) is 12.8 Å². The standard InChI is InChI=1S/C26H26FN7O3/c1-37-20-4-2-3-18(27)23(20)26-29-15-19-25(30-26)24(32-31-19)16-5-7-17(8-6-16)33-11-13-34(14-12-33)22(36)10-9-21(28)35/h2-8,15H,9-14H2,1H3,(H2,28,35)(H,31,32). The van der Waals surface area contributed by atoms with Gasteiger partial charge in [0.05, 0.1) is 18.9 Å². The minimum absolute atomic E-state index is 0.0476. The fourth-order valence-corrected chi connectivity index (χ4v) is 4.46. The number of primary amides is 1. The van der Waals surface area contributed by atoms with Crippen LogP contribution >= 0.6 is 0 Å². The number of rotatable bonds is 7. The van der Waals surface area contributed by atoms with Gasteiger partial charge in [-0.05, 0) is 24.3 Å². The molecule has 0 bridgehead atoms. The minimum atomic E-state index is -0.470. The van der Waals surface area contributed by atoms with Gasteiger partial charge in [0.25, 0.3) is 0 Å². The van der Waals surface area contributed by atoms with Gasteiger partial charge in [-0.25, -0.2) is 14.4 Å². The first-order valence-corrected chi connectivity index (χ1v) is 11.9. The molecule has 0 spiro atoms. The van der Waals surface area contributed by atoms with Crippen LogP contribution in [0.15, 0.2) is 48.7 Å². The van der Waals surface area contributed by atoms with E-state index >= 15 is 0 Å². The molecule has 2 aromatic carbocycles. The third-order valence-electron chi connectivity index (χ3n) is 6.44. The molecule has 5 rings (SSSR count). The van der Waals surface area contributed by atoms with E-state index in [0.717, 1.165) is 11.3 Å². The number of benzene rings is 2. The largest absolute Gasteiger partial charge is 0.496 e. The number of hydrogen-bond acceptors (Lipinski definition) is 7. The Hall–Kier alpha value is -4.54. The van der Waals surface area contributed by atoms with E-state index in [2.05, 4.69) is 25.1 Å². The molecule has 10 nitrogen and oxygen atoms in total. The van der Waals surface area contributed by atoms with Crippen molar-refractivity contribution in [3.8, 4) is 28.4 Å². The normalized spacial score (nSPS) is 13.7. The third kappa shape index (κ3) is 4.92. The van der Waals surface area contributed by atoms with Crippen molar-refractivity contribution in [2.75, 3.05) is 38.2 Å². The van der Waals surface area contributed by atoms with Gasteiger partial charge in [-0.15, -0.1) is 0 Å². The number of amides is 2. The third-order valence-corrected chi connectivity index (χ3v) is 6.44. The van der Waals surface area contributed by atoms with Gasteiger partial charge in [-0.2, -0.15) is 5.10 Å². The zero-order valence-electron chi connectivity index (χ0n) is 20.3. The highest BCUT2D eigenvalue weighted by Gasteiger charge is 2.22. The van der Waals surface area contributed by atoms with E-state index in [1.807, 2.05) is 24.3 Å². The van der Waals surface area contributed by atoms with Crippen LogP contribution in [0.1, 0.15) is 12.8 Å². The van der Waals surface area contributed by atoms with E-state index < -0.39 is 11.7 Å². The Morgan fingerprint density at radius 3 is 2.54 bits per heavy atom. The number of aromatic nitrogens is 4. The molecule has 37 heavy (non-hydrogen) atoms. The van der Waals surface area contributed by atoms with Crippen LogP contribution < -0.4 is 15.4 Å². The van der Waals surface area contributed by atoms with Crippen molar-refractivity contribution >= 4 is 28.5 Å². The Bertz CT molecular complexity index is 1450. The summed E-state index contributed by atoms with van der Waals surface area (Å²) < 4.78 is 19.9. The highest BCUT2D eigenvalue weighted by Crippen LogP contribution is 2.33. The van der Waals surface area contributed by atoms with Gasteiger partial charge in [0, 0.05) is 50.3 Å². The molecule has 11 heteroatoms. The van der Waals surface area contributed by atoms with Gasteiger partial charge in [0.15, 0.2) is 5.82 Å². The number of hydrogen-bond donors (Lipinski definition) is 2. The summed E-state index contributed by atoms with van der Waals surface area (Å²) in [6.07, 6.45) is 1.80. The number of methoxy groups -OCH3 is 1. The van der Waals surface area contributed by atoms with Gasteiger partial charge in [-0.1, -0.05) is 18.2 Å². The molecule has 190 valence electrons. The van der Waals surface area contributed by atoms with Crippen LogP contribution in [-0.2, 0) is 9.59 Å². The van der Waals surface area contributed by atoms with Crippen molar-refractivity contribution < 1.29 is 18.7 Å². The molecule has 2 amide bonds. The number of nitrogens with two attached hydrogens (primary N) is 1. The number of aromatic amines is 1. The Morgan fingerprint density at radius 1 is 1.08 bits per heavy atom. The number of nitrogens with one attached hydrogen (secondary N) is 1. The number of nitrogens with zero attached hydrogens (tertiary/aromatic N) is 5. The molecule has 3 heterocycles. The Balaban J connectivity index is 1.34. The highest BCUT2D eigenvalue weighted by atomic mass is 19.1. The summed E-state index contributed by atoms with van der Waals surface area (Å²) in [5, 5.41) is 7.37. The molecule has 1 aliphatic rings. The lowest BCUT2D eigenvalue weighted by Gasteiger charge is -2.36. The summed E-state index contributed by atoms with van der Waals surface area (Å²) in [6.45, 7) is 2.55. The van der Waals surface area contributed by atoms with Gasteiger partial charge in [0.2, 0.25) is 11.8 Å².